The highest BCUT2D eigenvalue weighted by Crippen LogP contribution is 2.32. The molecule has 2 unspecified atom stereocenters. The van der Waals surface area contributed by atoms with Crippen LogP contribution in [0, 0.1) is 5.92 Å². The summed E-state index contributed by atoms with van der Waals surface area (Å²) in [5, 5.41) is 7.67. The van der Waals surface area contributed by atoms with Gasteiger partial charge in [-0.05, 0) is 53.9 Å². The first-order valence-corrected chi connectivity index (χ1v) is 8.96. The molecule has 116 valence electrons. The van der Waals surface area contributed by atoms with E-state index in [-0.39, 0.29) is 5.92 Å². The molecule has 0 aliphatic rings. The molecule has 2 heterocycles. The minimum Gasteiger partial charge on any atom is -0.339 e. The molecule has 2 aromatic rings. The van der Waals surface area contributed by atoms with Crippen molar-refractivity contribution in [3.8, 4) is 10.7 Å². The molecule has 0 bridgehead atoms. The van der Waals surface area contributed by atoms with E-state index in [1.165, 1.54) is 0 Å². The fourth-order valence-electron chi connectivity index (χ4n) is 2.48. The molecule has 6 heteroatoms. The number of thiophene rings is 1. The Morgan fingerprint density at radius 3 is 2.67 bits per heavy atom. The zero-order valence-corrected chi connectivity index (χ0v) is 15.3. The van der Waals surface area contributed by atoms with Gasteiger partial charge in [0.2, 0.25) is 11.7 Å². The third-order valence-electron chi connectivity index (χ3n) is 3.49. The van der Waals surface area contributed by atoms with Crippen LogP contribution >= 0.6 is 27.3 Å². The number of hydrogen-bond acceptors (Lipinski definition) is 5. The van der Waals surface area contributed by atoms with Crippen LogP contribution in [0.4, 0.5) is 0 Å². The van der Waals surface area contributed by atoms with E-state index in [2.05, 4.69) is 59.1 Å². The summed E-state index contributed by atoms with van der Waals surface area (Å²) in [6.07, 6.45) is 1.12. The van der Waals surface area contributed by atoms with Gasteiger partial charge in [-0.15, -0.1) is 11.3 Å². The molecule has 0 fully saturated rings. The predicted molar refractivity (Wildman–Crippen MR) is 90.6 cm³/mol. The molecule has 21 heavy (non-hydrogen) atoms. The molecule has 0 saturated heterocycles. The molecule has 0 amide bonds. The summed E-state index contributed by atoms with van der Waals surface area (Å²) in [6.45, 7) is 9.75. The quantitative estimate of drug-likeness (QED) is 0.766. The topological polar surface area (TPSA) is 51.0 Å². The molecule has 2 rings (SSSR count). The third kappa shape index (κ3) is 4.14. The predicted octanol–water partition coefficient (Wildman–Crippen LogP) is 4.69. The first-order valence-electron chi connectivity index (χ1n) is 7.35. The van der Waals surface area contributed by atoms with Gasteiger partial charge in [-0.3, -0.25) is 0 Å². The van der Waals surface area contributed by atoms with Crippen molar-refractivity contribution in [2.45, 2.75) is 46.1 Å². The zero-order valence-electron chi connectivity index (χ0n) is 12.9. The summed E-state index contributed by atoms with van der Waals surface area (Å²) < 4.78 is 6.61. The smallest absolute Gasteiger partial charge is 0.231 e. The minimum atomic E-state index is 0.223. The maximum Gasteiger partial charge on any atom is 0.231 e. The SMILES string of the molecule is CCCNC(C)C(c1nc(-c2ccc(Br)s2)no1)C(C)C. The number of nitrogens with zero attached hydrogens (tertiary/aromatic N) is 2. The van der Waals surface area contributed by atoms with Gasteiger partial charge in [-0.2, -0.15) is 4.98 Å². The summed E-state index contributed by atoms with van der Waals surface area (Å²) in [5.41, 5.74) is 0. The van der Waals surface area contributed by atoms with E-state index in [4.69, 9.17) is 4.52 Å². The molecule has 0 radical (unpaired) electrons. The van der Waals surface area contributed by atoms with Crippen molar-refractivity contribution >= 4 is 27.3 Å². The van der Waals surface area contributed by atoms with Crippen LogP contribution in [0.25, 0.3) is 10.7 Å². The van der Waals surface area contributed by atoms with Crippen molar-refractivity contribution in [2.75, 3.05) is 6.54 Å². The highest BCUT2D eigenvalue weighted by Gasteiger charge is 2.28. The first-order chi connectivity index (χ1) is 10.0. The Balaban J connectivity index is 2.19. The molecule has 1 N–H and O–H groups in total. The van der Waals surface area contributed by atoms with Crippen LogP contribution in [0.3, 0.4) is 0 Å². The molecule has 0 aliphatic carbocycles. The standard InChI is InChI=1S/C15H22BrN3OS/c1-5-8-17-10(4)13(9(2)3)15-18-14(19-20-15)11-6-7-12(16)21-11/h6-7,9-10,13,17H,5,8H2,1-4H3. The van der Waals surface area contributed by atoms with Crippen LogP contribution in [-0.4, -0.2) is 22.7 Å². The van der Waals surface area contributed by atoms with Gasteiger partial charge < -0.3 is 9.84 Å². The number of nitrogens with one attached hydrogen (secondary N) is 1. The molecule has 0 aromatic carbocycles. The fourth-order valence-corrected chi connectivity index (χ4v) is 3.79. The van der Waals surface area contributed by atoms with E-state index in [0.29, 0.717) is 17.8 Å². The molecule has 2 atom stereocenters. The second-order valence-electron chi connectivity index (χ2n) is 5.57. The monoisotopic (exact) mass is 371 g/mol. The van der Waals surface area contributed by atoms with Gasteiger partial charge in [-0.25, -0.2) is 0 Å². The highest BCUT2D eigenvalue weighted by atomic mass is 79.9. The largest absolute Gasteiger partial charge is 0.339 e. The summed E-state index contributed by atoms with van der Waals surface area (Å²) in [7, 11) is 0. The van der Waals surface area contributed by atoms with Crippen molar-refractivity contribution in [2.24, 2.45) is 5.92 Å². The Kier molecular flexibility index (Phi) is 5.96. The third-order valence-corrected chi connectivity index (χ3v) is 5.11. The lowest BCUT2D eigenvalue weighted by Gasteiger charge is -2.24. The summed E-state index contributed by atoms with van der Waals surface area (Å²) in [5.74, 6) is 2.06. The Morgan fingerprint density at radius 2 is 2.10 bits per heavy atom. The van der Waals surface area contributed by atoms with Gasteiger partial charge in [0.05, 0.1) is 14.6 Å². The zero-order chi connectivity index (χ0) is 15.4. The van der Waals surface area contributed by atoms with Gasteiger partial charge >= 0.3 is 0 Å². The van der Waals surface area contributed by atoms with Crippen molar-refractivity contribution in [3.63, 3.8) is 0 Å². The molecule has 2 aromatic heterocycles. The molecular weight excluding hydrogens is 350 g/mol. The van der Waals surface area contributed by atoms with Gasteiger partial charge in [0, 0.05) is 6.04 Å². The number of hydrogen-bond donors (Lipinski definition) is 1. The molecule has 0 saturated carbocycles. The average molecular weight is 372 g/mol. The van der Waals surface area contributed by atoms with Crippen LogP contribution in [0.1, 0.15) is 45.9 Å². The van der Waals surface area contributed by atoms with E-state index in [9.17, 15) is 0 Å². The van der Waals surface area contributed by atoms with Crippen molar-refractivity contribution in [1.29, 1.82) is 0 Å². The van der Waals surface area contributed by atoms with Crippen LogP contribution in [0.15, 0.2) is 20.4 Å². The summed E-state index contributed by atoms with van der Waals surface area (Å²) in [4.78, 5) is 5.64. The number of halogens is 1. The van der Waals surface area contributed by atoms with Gasteiger partial charge in [0.25, 0.3) is 0 Å². The van der Waals surface area contributed by atoms with Crippen molar-refractivity contribution < 1.29 is 4.52 Å². The first kappa shape index (κ1) is 16.6. The van der Waals surface area contributed by atoms with Crippen LogP contribution < -0.4 is 5.32 Å². The second-order valence-corrected chi connectivity index (χ2v) is 8.04. The Morgan fingerprint density at radius 1 is 1.33 bits per heavy atom. The lowest BCUT2D eigenvalue weighted by Crippen LogP contribution is -2.35. The minimum absolute atomic E-state index is 0.223. The maximum atomic E-state index is 5.54. The Labute approximate surface area is 138 Å². The van der Waals surface area contributed by atoms with E-state index in [1.54, 1.807) is 11.3 Å². The number of rotatable bonds is 7. The fraction of sp³-hybridized carbons (Fsp3) is 0.600. The summed E-state index contributed by atoms with van der Waals surface area (Å²) >= 11 is 5.08. The van der Waals surface area contributed by atoms with Crippen molar-refractivity contribution in [1.82, 2.24) is 15.5 Å². The van der Waals surface area contributed by atoms with E-state index < -0.39 is 0 Å². The maximum absolute atomic E-state index is 5.54. The number of aromatic nitrogens is 2. The molecule has 0 spiro atoms. The lowest BCUT2D eigenvalue weighted by molar-refractivity contribution is 0.280. The van der Waals surface area contributed by atoms with Gasteiger partial charge in [-0.1, -0.05) is 25.9 Å². The van der Waals surface area contributed by atoms with E-state index in [0.717, 1.165) is 27.5 Å². The van der Waals surface area contributed by atoms with Gasteiger partial charge in [0.15, 0.2) is 0 Å². The molecule has 0 aliphatic heterocycles. The summed E-state index contributed by atoms with van der Waals surface area (Å²) in [6, 6.07) is 4.32. The van der Waals surface area contributed by atoms with Crippen molar-refractivity contribution in [3.05, 3.63) is 21.8 Å². The molecule has 4 nitrogen and oxygen atoms in total. The second kappa shape index (κ2) is 7.51. The van der Waals surface area contributed by atoms with Crippen LogP contribution in [0.2, 0.25) is 0 Å². The average Bonchev–Trinajstić information content (AvgIpc) is 3.05. The Bertz CT molecular complexity index is 567. The Hall–Kier alpha value is -0.720. The van der Waals surface area contributed by atoms with Crippen LogP contribution in [-0.2, 0) is 0 Å². The molecular formula is C15H22BrN3OS. The van der Waals surface area contributed by atoms with Crippen LogP contribution in [0.5, 0.6) is 0 Å². The highest BCUT2D eigenvalue weighted by molar-refractivity contribution is 9.11. The lowest BCUT2D eigenvalue weighted by atomic mass is 9.89. The van der Waals surface area contributed by atoms with E-state index >= 15 is 0 Å². The van der Waals surface area contributed by atoms with Gasteiger partial charge in [0.1, 0.15) is 0 Å². The normalized spacial score (nSPS) is 14.6. The van der Waals surface area contributed by atoms with E-state index in [1.807, 2.05) is 12.1 Å².